The van der Waals surface area contributed by atoms with Crippen LogP contribution in [0.2, 0.25) is 15.1 Å². The van der Waals surface area contributed by atoms with E-state index in [1.807, 2.05) is 22.9 Å². The largest absolute Gasteiger partial charge is 0.493 e. The van der Waals surface area contributed by atoms with E-state index in [-0.39, 0.29) is 12.0 Å². The van der Waals surface area contributed by atoms with Crippen LogP contribution in [0.5, 0.6) is 11.5 Å². The van der Waals surface area contributed by atoms with E-state index in [0.29, 0.717) is 69.6 Å². The molecule has 7 nitrogen and oxygen atoms in total. The van der Waals surface area contributed by atoms with Crippen LogP contribution >= 0.6 is 34.8 Å². The predicted molar refractivity (Wildman–Crippen MR) is 147 cm³/mol. The van der Waals surface area contributed by atoms with Crippen molar-refractivity contribution in [2.24, 2.45) is 9.98 Å². The van der Waals surface area contributed by atoms with Crippen molar-refractivity contribution in [3.8, 4) is 11.5 Å². The minimum Gasteiger partial charge on any atom is -0.493 e. The Morgan fingerprint density at radius 3 is 2.47 bits per heavy atom. The SMILES string of the molecule is C=CC(=O)N1CCC(Oc2cc(/C(=N\C)n3ccc4c(Cl)c(Cl)c(Cl)cc43)c(N=C)cc2OC)CC1. The minimum absolute atomic E-state index is 0.0704. The zero-order chi connectivity index (χ0) is 26.0. The first-order valence-corrected chi connectivity index (χ1v) is 12.3. The number of benzene rings is 2. The number of carbonyl (C=O) groups excluding carboxylic acids is 1. The third-order valence-electron chi connectivity index (χ3n) is 6.18. The van der Waals surface area contributed by atoms with Crippen molar-refractivity contribution in [2.75, 3.05) is 27.2 Å². The van der Waals surface area contributed by atoms with Gasteiger partial charge in [0, 0.05) is 56.2 Å². The molecule has 0 aliphatic carbocycles. The van der Waals surface area contributed by atoms with E-state index in [1.54, 1.807) is 31.2 Å². The molecule has 0 atom stereocenters. The number of aromatic nitrogens is 1. The molecule has 0 unspecified atom stereocenters. The number of aliphatic imine (C=N–C) groups is 2. The zero-order valence-electron chi connectivity index (χ0n) is 19.9. The minimum atomic E-state index is -0.0858. The van der Waals surface area contributed by atoms with E-state index in [4.69, 9.17) is 44.3 Å². The van der Waals surface area contributed by atoms with Gasteiger partial charge >= 0.3 is 0 Å². The van der Waals surface area contributed by atoms with Crippen LogP contribution in [-0.4, -0.2) is 61.3 Å². The van der Waals surface area contributed by atoms with Gasteiger partial charge in [0.15, 0.2) is 11.5 Å². The van der Waals surface area contributed by atoms with E-state index < -0.39 is 0 Å². The molecule has 10 heteroatoms. The molecule has 0 spiro atoms. The zero-order valence-corrected chi connectivity index (χ0v) is 22.2. The third kappa shape index (κ3) is 4.83. The molecular formula is C26H25Cl3N4O3. The first-order valence-electron chi connectivity index (χ1n) is 11.2. The van der Waals surface area contributed by atoms with Gasteiger partial charge in [-0.05, 0) is 31.0 Å². The summed E-state index contributed by atoms with van der Waals surface area (Å²) in [5.74, 6) is 1.58. The van der Waals surface area contributed by atoms with Crippen LogP contribution in [-0.2, 0) is 4.79 Å². The summed E-state index contributed by atoms with van der Waals surface area (Å²) in [6.45, 7) is 8.48. The highest BCUT2D eigenvalue weighted by Crippen LogP contribution is 2.40. The molecule has 1 aliphatic heterocycles. The second-order valence-electron chi connectivity index (χ2n) is 8.18. The van der Waals surface area contributed by atoms with Gasteiger partial charge in [-0.3, -0.25) is 14.8 Å². The van der Waals surface area contributed by atoms with E-state index in [0.717, 1.165) is 10.9 Å². The van der Waals surface area contributed by atoms with Crippen molar-refractivity contribution in [1.82, 2.24) is 9.47 Å². The van der Waals surface area contributed by atoms with Gasteiger partial charge in [0.25, 0.3) is 0 Å². The van der Waals surface area contributed by atoms with Gasteiger partial charge in [0.2, 0.25) is 5.91 Å². The summed E-state index contributed by atoms with van der Waals surface area (Å²) < 4.78 is 13.8. The molecule has 1 fully saturated rings. The summed E-state index contributed by atoms with van der Waals surface area (Å²) >= 11 is 19.0. The van der Waals surface area contributed by atoms with Crippen LogP contribution in [0.4, 0.5) is 5.69 Å². The van der Waals surface area contributed by atoms with Crippen LogP contribution in [0.1, 0.15) is 18.4 Å². The summed E-state index contributed by atoms with van der Waals surface area (Å²) in [5.41, 5.74) is 1.99. The van der Waals surface area contributed by atoms with E-state index in [2.05, 4.69) is 23.3 Å². The fourth-order valence-electron chi connectivity index (χ4n) is 4.34. The van der Waals surface area contributed by atoms with E-state index in [9.17, 15) is 4.79 Å². The fraction of sp³-hybridized carbons (Fsp3) is 0.269. The Morgan fingerprint density at radius 2 is 1.86 bits per heavy atom. The molecule has 1 aliphatic rings. The lowest BCUT2D eigenvalue weighted by molar-refractivity contribution is -0.127. The Labute approximate surface area is 224 Å². The summed E-state index contributed by atoms with van der Waals surface area (Å²) in [4.78, 5) is 22.4. The second kappa shape index (κ2) is 10.9. The number of piperidine rings is 1. The quantitative estimate of drug-likeness (QED) is 0.155. The second-order valence-corrected chi connectivity index (χ2v) is 9.34. The number of fused-ring (bicyclic) bond motifs is 1. The monoisotopic (exact) mass is 546 g/mol. The molecule has 1 amide bonds. The molecule has 0 bridgehead atoms. The van der Waals surface area contributed by atoms with Crippen molar-refractivity contribution < 1.29 is 14.3 Å². The molecule has 0 N–H and O–H groups in total. The van der Waals surface area contributed by atoms with Crippen LogP contribution in [0.15, 0.2) is 53.1 Å². The third-order valence-corrected chi connectivity index (χ3v) is 7.46. The van der Waals surface area contributed by atoms with Crippen molar-refractivity contribution in [3.63, 3.8) is 0 Å². The van der Waals surface area contributed by atoms with Crippen molar-refractivity contribution in [2.45, 2.75) is 18.9 Å². The topological polar surface area (TPSA) is 68.4 Å². The maximum absolute atomic E-state index is 11.9. The predicted octanol–water partition coefficient (Wildman–Crippen LogP) is 6.42. The molecule has 0 radical (unpaired) electrons. The van der Waals surface area contributed by atoms with Crippen molar-refractivity contribution >= 4 is 69.9 Å². The van der Waals surface area contributed by atoms with Crippen LogP contribution in [0.25, 0.3) is 10.9 Å². The van der Waals surface area contributed by atoms with E-state index >= 15 is 0 Å². The highest BCUT2D eigenvalue weighted by molar-refractivity contribution is 6.50. The highest BCUT2D eigenvalue weighted by Gasteiger charge is 2.25. The molecule has 0 saturated carbocycles. The van der Waals surface area contributed by atoms with Crippen LogP contribution < -0.4 is 9.47 Å². The highest BCUT2D eigenvalue weighted by atomic mass is 35.5. The summed E-state index contributed by atoms with van der Waals surface area (Å²) in [7, 11) is 3.26. The number of amides is 1. The Kier molecular flexibility index (Phi) is 7.93. The maximum Gasteiger partial charge on any atom is 0.245 e. The molecule has 1 saturated heterocycles. The first-order chi connectivity index (χ1) is 17.3. The number of rotatable bonds is 6. The lowest BCUT2D eigenvalue weighted by Gasteiger charge is -2.32. The van der Waals surface area contributed by atoms with Gasteiger partial charge < -0.3 is 18.9 Å². The van der Waals surface area contributed by atoms with Gasteiger partial charge in [-0.1, -0.05) is 41.4 Å². The molecule has 1 aromatic heterocycles. The lowest BCUT2D eigenvalue weighted by Crippen LogP contribution is -2.41. The van der Waals surface area contributed by atoms with Gasteiger partial charge in [-0.25, -0.2) is 0 Å². The number of carbonyl (C=O) groups is 1. The summed E-state index contributed by atoms with van der Waals surface area (Å²) in [6.07, 6.45) is 4.47. The number of methoxy groups -OCH3 is 1. The fourth-order valence-corrected chi connectivity index (χ4v) is 5.00. The average Bonchev–Trinajstić information content (AvgIpc) is 3.31. The Bertz CT molecular complexity index is 1370. The lowest BCUT2D eigenvalue weighted by atomic mass is 10.1. The summed E-state index contributed by atoms with van der Waals surface area (Å²) in [6, 6.07) is 7.21. The molecule has 36 heavy (non-hydrogen) atoms. The van der Waals surface area contributed by atoms with Gasteiger partial charge in [-0.2, -0.15) is 0 Å². The molecular weight excluding hydrogens is 523 g/mol. The maximum atomic E-state index is 11.9. The molecule has 188 valence electrons. The Hall–Kier alpha value is -3.00. The average molecular weight is 548 g/mol. The summed E-state index contributed by atoms with van der Waals surface area (Å²) in [5, 5.41) is 1.75. The standard InChI is InChI=1S/C26H25Cl3N4O3/c1-5-23(34)32-9-6-15(7-10-32)36-22-12-17(19(30-2)14-21(22)35-4)26(31-3)33-11-8-16-20(33)13-18(27)25(29)24(16)28/h5,8,11-15H,1-2,6-7,9-10H2,3-4H3/b31-26+. The van der Waals surface area contributed by atoms with Crippen LogP contribution in [0, 0.1) is 0 Å². The molecule has 3 aromatic rings. The van der Waals surface area contributed by atoms with Gasteiger partial charge in [0.05, 0.1) is 33.4 Å². The molecule has 2 aromatic carbocycles. The smallest absolute Gasteiger partial charge is 0.245 e. The Balaban J connectivity index is 1.73. The van der Waals surface area contributed by atoms with Gasteiger partial charge in [0.1, 0.15) is 11.9 Å². The van der Waals surface area contributed by atoms with Gasteiger partial charge in [-0.15, -0.1) is 0 Å². The number of hydrogen-bond acceptors (Lipinski definition) is 5. The number of hydrogen-bond donors (Lipinski definition) is 0. The van der Waals surface area contributed by atoms with E-state index in [1.165, 1.54) is 6.08 Å². The number of ether oxygens (including phenoxy) is 2. The molecule has 4 rings (SSSR count). The number of likely N-dealkylation sites (tertiary alicyclic amines) is 1. The Morgan fingerprint density at radius 1 is 1.14 bits per heavy atom. The number of halogens is 3. The molecule has 2 heterocycles. The van der Waals surface area contributed by atoms with Crippen molar-refractivity contribution in [3.05, 3.63) is 63.7 Å². The normalized spacial score (nSPS) is 14.7. The van der Waals surface area contributed by atoms with Crippen molar-refractivity contribution in [1.29, 1.82) is 0 Å². The van der Waals surface area contributed by atoms with Crippen LogP contribution in [0.3, 0.4) is 0 Å². The first kappa shape index (κ1) is 26.1. The number of nitrogens with zero attached hydrogens (tertiary/aromatic N) is 4.